The summed E-state index contributed by atoms with van der Waals surface area (Å²) in [5, 5.41) is 9.13. The lowest BCUT2D eigenvalue weighted by Crippen LogP contribution is -2.51. The topological polar surface area (TPSA) is 81.4 Å². The number of methoxy groups -OCH3 is 1. The molecule has 0 saturated carbocycles. The van der Waals surface area contributed by atoms with E-state index >= 15 is 0 Å². The Labute approximate surface area is 141 Å². The van der Waals surface area contributed by atoms with Gasteiger partial charge < -0.3 is 23.7 Å². The van der Waals surface area contributed by atoms with Crippen LogP contribution >= 0.6 is 0 Å². The number of carboxylic acids is 1. The van der Waals surface area contributed by atoms with Gasteiger partial charge in [0.05, 0.1) is 44.6 Å². The van der Waals surface area contributed by atoms with Gasteiger partial charge in [-0.3, -0.25) is 4.90 Å². The van der Waals surface area contributed by atoms with Gasteiger partial charge in [-0.15, -0.1) is 0 Å². The zero-order valence-corrected chi connectivity index (χ0v) is 14.2. The zero-order chi connectivity index (χ0) is 17.1. The number of aromatic carboxylic acids is 1. The fraction of sp³-hybridized carbons (Fsp3) is 0.706. The number of morpholine rings is 1. The minimum Gasteiger partial charge on any atom is -0.475 e. The molecule has 24 heavy (non-hydrogen) atoms. The molecule has 2 fully saturated rings. The molecular weight excluding hydrogens is 314 g/mol. The average Bonchev–Trinajstić information content (AvgIpc) is 3.15. The summed E-state index contributed by atoms with van der Waals surface area (Å²) in [5.41, 5.74) is 0.652. The highest BCUT2D eigenvalue weighted by atomic mass is 16.5. The molecule has 3 rings (SSSR count). The SMILES string of the molecule is COCC1CCC(C2COCCN2Cc2cc(C)c(C(=O)O)o2)O1. The van der Waals surface area contributed by atoms with Crippen molar-refractivity contribution in [3.05, 3.63) is 23.2 Å². The molecule has 7 heteroatoms. The van der Waals surface area contributed by atoms with Crippen LogP contribution in [0.4, 0.5) is 0 Å². The molecule has 1 aromatic heterocycles. The summed E-state index contributed by atoms with van der Waals surface area (Å²) in [7, 11) is 1.69. The number of ether oxygens (including phenoxy) is 3. The fourth-order valence-corrected chi connectivity index (χ4v) is 3.56. The van der Waals surface area contributed by atoms with Crippen molar-refractivity contribution in [2.24, 2.45) is 0 Å². The maximum atomic E-state index is 11.1. The van der Waals surface area contributed by atoms with Crippen molar-refractivity contribution in [2.75, 3.05) is 33.5 Å². The number of aryl methyl sites for hydroxylation is 1. The molecule has 0 bridgehead atoms. The number of furan rings is 1. The van der Waals surface area contributed by atoms with Crippen molar-refractivity contribution in [3.63, 3.8) is 0 Å². The van der Waals surface area contributed by atoms with Crippen LogP contribution in [0.15, 0.2) is 10.5 Å². The van der Waals surface area contributed by atoms with E-state index in [1.54, 1.807) is 20.1 Å². The highest BCUT2D eigenvalue weighted by Gasteiger charge is 2.37. The van der Waals surface area contributed by atoms with Crippen molar-refractivity contribution >= 4 is 5.97 Å². The van der Waals surface area contributed by atoms with Crippen molar-refractivity contribution in [3.8, 4) is 0 Å². The second-order valence-corrected chi connectivity index (χ2v) is 6.47. The third kappa shape index (κ3) is 3.80. The van der Waals surface area contributed by atoms with E-state index in [0.717, 1.165) is 19.4 Å². The second kappa shape index (κ2) is 7.65. The Morgan fingerprint density at radius 2 is 2.29 bits per heavy atom. The van der Waals surface area contributed by atoms with E-state index in [-0.39, 0.29) is 24.0 Å². The van der Waals surface area contributed by atoms with Crippen LogP contribution in [0.1, 0.15) is 34.7 Å². The predicted octanol–water partition coefficient (Wildman–Crippen LogP) is 1.68. The number of hydrogen-bond donors (Lipinski definition) is 1. The molecule has 7 nitrogen and oxygen atoms in total. The minimum absolute atomic E-state index is 0.0204. The molecule has 134 valence electrons. The molecule has 3 unspecified atom stereocenters. The molecule has 3 heterocycles. The number of rotatable bonds is 6. The number of hydrogen-bond acceptors (Lipinski definition) is 6. The standard InChI is InChI=1S/C17H25NO6/c1-11-7-13(24-16(11)17(19)20)8-18-5-6-22-10-14(18)15-4-3-12(23-15)9-21-2/h7,12,14-15H,3-6,8-10H2,1-2H3,(H,19,20). The van der Waals surface area contributed by atoms with Gasteiger partial charge in [-0.25, -0.2) is 4.79 Å². The molecule has 0 aliphatic carbocycles. The Kier molecular flexibility index (Phi) is 5.55. The summed E-state index contributed by atoms with van der Waals surface area (Å²) in [5.74, 6) is -0.339. The maximum Gasteiger partial charge on any atom is 0.372 e. The monoisotopic (exact) mass is 339 g/mol. The lowest BCUT2D eigenvalue weighted by molar-refractivity contribution is -0.0919. The summed E-state index contributed by atoms with van der Waals surface area (Å²) in [6.45, 7) is 5.00. The molecular formula is C17H25NO6. The normalized spacial score (nSPS) is 28.3. The van der Waals surface area contributed by atoms with Gasteiger partial charge in [0, 0.05) is 19.2 Å². The first kappa shape index (κ1) is 17.4. The Bertz CT molecular complexity index is 571. The molecule has 0 radical (unpaired) electrons. The Balaban J connectivity index is 1.66. The molecule has 2 aliphatic rings. The first-order valence-electron chi connectivity index (χ1n) is 8.37. The molecule has 3 atom stereocenters. The van der Waals surface area contributed by atoms with E-state index in [1.807, 2.05) is 0 Å². The van der Waals surface area contributed by atoms with E-state index in [0.29, 0.717) is 37.7 Å². The number of nitrogens with zero attached hydrogens (tertiary/aromatic N) is 1. The molecule has 1 aromatic rings. The van der Waals surface area contributed by atoms with Crippen molar-refractivity contribution < 1.29 is 28.5 Å². The van der Waals surface area contributed by atoms with E-state index < -0.39 is 5.97 Å². The highest BCUT2D eigenvalue weighted by Crippen LogP contribution is 2.28. The predicted molar refractivity (Wildman–Crippen MR) is 85.2 cm³/mol. The fourth-order valence-electron chi connectivity index (χ4n) is 3.56. The summed E-state index contributed by atoms with van der Waals surface area (Å²) in [6.07, 6.45) is 2.23. The summed E-state index contributed by atoms with van der Waals surface area (Å²) < 4.78 is 22.4. The average molecular weight is 339 g/mol. The first-order valence-corrected chi connectivity index (χ1v) is 8.37. The van der Waals surface area contributed by atoms with Crippen LogP contribution in [0.5, 0.6) is 0 Å². The molecule has 0 aromatic carbocycles. The second-order valence-electron chi connectivity index (χ2n) is 6.47. The summed E-state index contributed by atoms with van der Waals surface area (Å²) in [4.78, 5) is 13.4. The van der Waals surface area contributed by atoms with Gasteiger partial charge in [0.25, 0.3) is 0 Å². The van der Waals surface area contributed by atoms with Gasteiger partial charge in [0.2, 0.25) is 5.76 Å². The quantitative estimate of drug-likeness (QED) is 0.844. The van der Waals surface area contributed by atoms with Crippen LogP contribution < -0.4 is 0 Å². The molecule has 2 saturated heterocycles. The zero-order valence-electron chi connectivity index (χ0n) is 14.2. The molecule has 0 spiro atoms. The smallest absolute Gasteiger partial charge is 0.372 e. The maximum absolute atomic E-state index is 11.1. The van der Waals surface area contributed by atoms with Crippen LogP contribution in [0, 0.1) is 6.92 Å². The van der Waals surface area contributed by atoms with Crippen LogP contribution in [-0.4, -0.2) is 67.7 Å². The van der Waals surface area contributed by atoms with Gasteiger partial charge in [-0.05, 0) is 25.8 Å². The van der Waals surface area contributed by atoms with Crippen LogP contribution in [-0.2, 0) is 20.8 Å². The number of carbonyl (C=O) groups is 1. The summed E-state index contributed by atoms with van der Waals surface area (Å²) >= 11 is 0. The van der Waals surface area contributed by atoms with E-state index in [2.05, 4.69) is 4.90 Å². The molecule has 2 aliphatic heterocycles. The third-order valence-corrected chi connectivity index (χ3v) is 4.72. The van der Waals surface area contributed by atoms with E-state index in [1.165, 1.54) is 0 Å². The Morgan fingerprint density at radius 3 is 3.00 bits per heavy atom. The van der Waals surface area contributed by atoms with Crippen LogP contribution in [0.25, 0.3) is 0 Å². The highest BCUT2D eigenvalue weighted by molar-refractivity contribution is 5.86. The van der Waals surface area contributed by atoms with Gasteiger partial charge in [0.1, 0.15) is 5.76 Å². The lowest BCUT2D eigenvalue weighted by Gasteiger charge is -2.38. The molecule has 0 amide bonds. The van der Waals surface area contributed by atoms with E-state index in [9.17, 15) is 4.79 Å². The lowest BCUT2D eigenvalue weighted by atomic mass is 10.0. The largest absolute Gasteiger partial charge is 0.475 e. The van der Waals surface area contributed by atoms with Crippen molar-refractivity contribution in [1.29, 1.82) is 0 Å². The Hall–Kier alpha value is -1.41. The van der Waals surface area contributed by atoms with Gasteiger partial charge in [0.15, 0.2) is 0 Å². The van der Waals surface area contributed by atoms with Crippen molar-refractivity contribution in [1.82, 2.24) is 4.90 Å². The summed E-state index contributed by atoms with van der Waals surface area (Å²) in [6, 6.07) is 1.96. The van der Waals surface area contributed by atoms with E-state index in [4.69, 9.17) is 23.7 Å². The Morgan fingerprint density at radius 1 is 1.46 bits per heavy atom. The van der Waals surface area contributed by atoms with Gasteiger partial charge in [-0.2, -0.15) is 0 Å². The van der Waals surface area contributed by atoms with Gasteiger partial charge >= 0.3 is 5.97 Å². The third-order valence-electron chi connectivity index (χ3n) is 4.72. The number of carboxylic acid groups (broad SMARTS) is 1. The van der Waals surface area contributed by atoms with Crippen LogP contribution in [0.2, 0.25) is 0 Å². The van der Waals surface area contributed by atoms with Crippen molar-refractivity contribution in [2.45, 2.75) is 44.6 Å². The van der Waals surface area contributed by atoms with Gasteiger partial charge in [-0.1, -0.05) is 0 Å². The van der Waals surface area contributed by atoms with Crippen LogP contribution in [0.3, 0.4) is 0 Å². The first-order chi connectivity index (χ1) is 11.6. The molecule has 1 N–H and O–H groups in total. The minimum atomic E-state index is -1.03.